The third-order valence-corrected chi connectivity index (χ3v) is 2.69. The van der Waals surface area contributed by atoms with Crippen molar-refractivity contribution in [3.05, 3.63) is 47.3 Å². The fourth-order valence-corrected chi connectivity index (χ4v) is 1.54. The largest absolute Gasteiger partial charge is 0.303 e. The highest BCUT2D eigenvalue weighted by Gasteiger charge is 2.07. The van der Waals surface area contributed by atoms with Crippen LogP contribution in [0.3, 0.4) is 0 Å². The van der Waals surface area contributed by atoms with E-state index in [4.69, 9.17) is 0 Å². The molecule has 0 amide bonds. The first-order valence-electron chi connectivity index (χ1n) is 5.50. The van der Waals surface area contributed by atoms with Crippen molar-refractivity contribution in [1.29, 1.82) is 0 Å². The van der Waals surface area contributed by atoms with Crippen LogP contribution in [0.4, 0.5) is 4.39 Å². The second-order valence-corrected chi connectivity index (χ2v) is 4.06. The number of H-pyrrole nitrogens is 1. The van der Waals surface area contributed by atoms with Gasteiger partial charge in [-0.1, -0.05) is 12.1 Å². The van der Waals surface area contributed by atoms with Crippen molar-refractivity contribution in [3.8, 4) is 0 Å². The van der Waals surface area contributed by atoms with Gasteiger partial charge >= 0.3 is 0 Å². The number of aryl methyl sites for hydroxylation is 1. The molecule has 0 saturated carbocycles. The van der Waals surface area contributed by atoms with Crippen molar-refractivity contribution in [3.63, 3.8) is 0 Å². The molecule has 0 bridgehead atoms. The van der Waals surface area contributed by atoms with Crippen LogP contribution in [0.1, 0.15) is 29.9 Å². The van der Waals surface area contributed by atoms with Gasteiger partial charge in [0.1, 0.15) is 18.0 Å². The highest BCUT2D eigenvalue weighted by molar-refractivity contribution is 5.23. The van der Waals surface area contributed by atoms with E-state index in [1.165, 1.54) is 6.33 Å². The van der Waals surface area contributed by atoms with Gasteiger partial charge in [0, 0.05) is 6.54 Å². The van der Waals surface area contributed by atoms with E-state index in [0.29, 0.717) is 12.1 Å². The molecule has 0 aliphatic heterocycles. The maximum atomic E-state index is 13.3. The van der Waals surface area contributed by atoms with Crippen molar-refractivity contribution in [2.45, 2.75) is 26.4 Å². The van der Waals surface area contributed by atoms with Crippen LogP contribution in [0, 0.1) is 12.7 Å². The van der Waals surface area contributed by atoms with Crippen molar-refractivity contribution in [1.82, 2.24) is 20.5 Å². The normalized spacial score (nSPS) is 12.6. The molecule has 90 valence electrons. The topological polar surface area (TPSA) is 53.6 Å². The van der Waals surface area contributed by atoms with Gasteiger partial charge in [0.2, 0.25) is 0 Å². The number of aromatic nitrogens is 3. The van der Waals surface area contributed by atoms with E-state index in [0.717, 1.165) is 11.4 Å². The predicted molar refractivity (Wildman–Crippen MR) is 62.8 cm³/mol. The van der Waals surface area contributed by atoms with E-state index in [9.17, 15) is 4.39 Å². The number of hydrogen-bond acceptors (Lipinski definition) is 3. The monoisotopic (exact) mass is 234 g/mol. The van der Waals surface area contributed by atoms with Gasteiger partial charge in [-0.3, -0.25) is 5.10 Å². The van der Waals surface area contributed by atoms with E-state index in [1.54, 1.807) is 19.1 Å². The number of hydrogen-bond donors (Lipinski definition) is 2. The van der Waals surface area contributed by atoms with Crippen LogP contribution in [0.25, 0.3) is 0 Å². The minimum atomic E-state index is -0.170. The summed E-state index contributed by atoms with van der Waals surface area (Å²) < 4.78 is 13.3. The zero-order valence-corrected chi connectivity index (χ0v) is 9.87. The highest BCUT2D eigenvalue weighted by atomic mass is 19.1. The first-order valence-corrected chi connectivity index (χ1v) is 5.50. The number of benzene rings is 1. The van der Waals surface area contributed by atoms with Gasteiger partial charge in [-0.2, -0.15) is 5.10 Å². The molecule has 0 radical (unpaired) electrons. The number of nitrogens with one attached hydrogen (secondary N) is 2. The standard InChI is InChI=1S/C12H15FN4/c1-8-3-4-10(5-11(8)13)6-14-9(2)12-15-7-16-17-12/h3-5,7,9,14H,6H2,1-2H3,(H,15,16,17). The summed E-state index contributed by atoms with van der Waals surface area (Å²) in [5, 5.41) is 9.83. The molecule has 2 N–H and O–H groups in total. The van der Waals surface area contributed by atoms with Crippen LogP contribution in [-0.4, -0.2) is 15.2 Å². The van der Waals surface area contributed by atoms with Gasteiger partial charge in [0.15, 0.2) is 0 Å². The predicted octanol–water partition coefficient (Wildman–Crippen LogP) is 2.10. The number of halogens is 1. The molecule has 0 aliphatic carbocycles. The molecule has 0 saturated heterocycles. The zero-order valence-electron chi connectivity index (χ0n) is 9.87. The lowest BCUT2D eigenvalue weighted by Crippen LogP contribution is -2.19. The van der Waals surface area contributed by atoms with Gasteiger partial charge in [-0.25, -0.2) is 9.37 Å². The Hall–Kier alpha value is -1.75. The minimum absolute atomic E-state index is 0.0573. The summed E-state index contributed by atoms with van der Waals surface area (Å²) in [5.74, 6) is 0.606. The zero-order chi connectivity index (χ0) is 12.3. The number of rotatable bonds is 4. The summed E-state index contributed by atoms with van der Waals surface area (Å²) in [6.45, 7) is 4.33. The molecule has 1 aromatic heterocycles. The Morgan fingerprint density at radius 2 is 2.29 bits per heavy atom. The second kappa shape index (κ2) is 5.05. The van der Waals surface area contributed by atoms with Crippen LogP contribution in [0.5, 0.6) is 0 Å². The third kappa shape index (κ3) is 2.88. The van der Waals surface area contributed by atoms with Crippen molar-refractivity contribution in [2.75, 3.05) is 0 Å². The maximum absolute atomic E-state index is 13.3. The Morgan fingerprint density at radius 1 is 1.47 bits per heavy atom. The highest BCUT2D eigenvalue weighted by Crippen LogP contribution is 2.11. The van der Waals surface area contributed by atoms with Crippen LogP contribution in [0.2, 0.25) is 0 Å². The number of nitrogens with zero attached hydrogens (tertiary/aromatic N) is 2. The smallest absolute Gasteiger partial charge is 0.141 e. The van der Waals surface area contributed by atoms with Gasteiger partial charge in [0.25, 0.3) is 0 Å². The first-order chi connectivity index (χ1) is 8.16. The van der Waals surface area contributed by atoms with Crippen molar-refractivity contribution < 1.29 is 4.39 Å². The molecule has 1 atom stereocenters. The van der Waals surface area contributed by atoms with E-state index < -0.39 is 0 Å². The third-order valence-electron chi connectivity index (χ3n) is 2.69. The summed E-state index contributed by atoms with van der Waals surface area (Å²) in [4.78, 5) is 4.06. The molecule has 5 heteroatoms. The molecule has 1 heterocycles. The molecule has 0 aliphatic rings. The molecular formula is C12H15FN4. The summed E-state index contributed by atoms with van der Waals surface area (Å²) in [6, 6.07) is 5.31. The summed E-state index contributed by atoms with van der Waals surface area (Å²) in [5.41, 5.74) is 1.58. The van der Waals surface area contributed by atoms with Crippen molar-refractivity contribution in [2.24, 2.45) is 0 Å². The molecule has 2 rings (SSSR count). The lowest BCUT2D eigenvalue weighted by molar-refractivity contribution is 0.544. The lowest BCUT2D eigenvalue weighted by Gasteiger charge is -2.11. The van der Waals surface area contributed by atoms with Gasteiger partial charge in [0.05, 0.1) is 6.04 Å². The molecular weight excluding hydrogens is 219 g/mol. The fourth-order valence-electron chi connectivity index (χ4n) is 1.54. The first kappa shape index (κ1) is 11.7. The Bertz CT molecular complexity index is 481. The Balaban J connectivity index is 1.96. The van der Waals surface area contributed by atoms with E-state index in [1.807, 2.05) is 13.0 Å². The molecule has 0 fully saturated rings. The van der Waals surface area contributed by atoms with Gasteiger partial charge in [-0.15, -0.1) is 0 Å². The summed E-state index contributed by atoms with van der Waals surface area (Å²) in [7, 11) is 0. The fraction of sp³-hybridized carbons (Fsp3) is 0.333. The number of aromatic amines is 1. The van der Waals surface area contributed by atoms with Crippen LogP contribution in [-0.2, 0) is 6.54 Å². The Morgan fingerprint density at radius 3 is 2.94 bits per heavy atom. The molecule has 0 spiro atoms. The summed E-state index contributed by atoms with van der Waals surface area (Å²) >= 11 is 0. The summed E-state index contributed by atoms with van der Waals surface area (Å²) in [6.07, 6.45) is 1.47. The van der Waals surface area contributed by atoms with Crippen LogP contribution < -0.4 is 5.32 Å². The van der Waals surface area contributed by atoms with Gasteiger partial charge < -0.3 is 5.32 Å². The molecule has 1 unspecified atom stereocenters. The molecule has 17 heavy (non-hydrogen) atoms. The SMILES string of the molecule is Cc1ccc(CNC(C)c2ncn[nH]2)cc1F. The molecule has 2 aromatic rings. The maximum Gasteiger partial charge on any atom is 0.141 e. The van der Waals surface area contributed by atoms with Crippen LogP contribution >= 0.6 is 0 Å². The van der Waals surface area contributed by atoms with E-state index in [2.05, 4.69) is 20.5 Å². The van der Waals surface area contributed by atoms with Gasteiger partial charge in [-0.05, 0) is 31.0 Å². The lowest BCUT2D eigenvalue weighted by atomic mass is 10.1. The average Bonchev–Trinajstić information content (AvgIpc) is 2.84. The Kier molecular flexibility index (Phi) is 3.49. The second-order valence-electron chi connectivity index (χ2n) is 4.06. The molecule has 4 nitrogen and oxygen atoms in total. The van der Waals surface area contributed by atoms with Crippen LogP contribution in [0.15, 0.2) is 24.5 Å². The minimum Gasteiger partial charge on any atom is -0.303 e. The van der Waals surface area contributed by atoms with Crippen molar-refractivity contribution >= 4 is 0 Å². The van der Waals surface area contributed by atoms with E-state index in [-0.39, 0.29) is 11.9 Å². The van der Waals surface area contributed by atoms with E-state index >= 15 is 0 Å². The quantitative estimate of drug-likeness (QED) is 0.851. The molecule has 1 aromatic carbocycles. The Labute approximate surface area is 99.3 Å². The average molecular weight is 234 g/mol.